The van der Waals surface area contributed by atoms with E-state index >= 15 is 0 Å². The molecule has 1 N–H and O–H groups in total. The van der Waals surface area contributed by atoms with Gasteiger partial charge in [0.1, 0.15) is 0 Å². The van der Waals surface area contributed by atoms with Crippen LogP contribution in [0.4, 0.5) is 5.69 Å². The molecule has 0 bridgehead atoms. The fourth-order valence-electron chi connectivity index (χ4n) is 1.58. The van der Waals surface area contributed by atoms with Crippen LogP contribution in [0.2, 0.25) is 0 Å². The van der Waals surface area contributed by atoms with Gasteiger partial charge in [-0.05, 0) is 18.6 Å². The number of aromatic carboxylic acids is 1. The number of carboxylic acids is 1. The lowest BCUT2D eigenvalue weighted by atomic mass is 10.0. The molecule has 0 aliphatic heterocycles. The summed E-state index contributed by atoms with van der Waals surface area (Å²) in [6.45, 7) is 2.85. The Kier molecular flexibility index (Phi) is 5.45. The highest BCUT2D eigenvalue weighted by molar-refractivity contribution is 8.13. The maximum Gasteiger partial charge on any atom is 0.336 e. The first-order valence-corrected chi connectivity index (χ1v) is 6.63. The summed E-state index contributed by atoms with van der Waals surface area (Å²) in [7, 11) is 0. The number of hydrogen-bond donors (Lipinski definition) is 1. The highest BCUT2D eigenvalue weighted by atomic mass is 32.2. The van der Waals surface area contributed by atoms with Gasteiger partial charge in [-0.3, -0.25) is 14.9 Å². The van der Waals surface area contributed by atoms with Gasteiger partial charge in [0, 0.05) is 24.3 Å². The van der Waals surface area contributed by atoms with Crippen molar-refractivity contribution in [2.75, 3.05) is 5.75 Å². The Labute approximate surface area is 119 Å². The number of nitro groups is 1. The number of carbonyl (C=O) groups excluding carboxylic acids is 1. The minimum atomic E-state index is -1.21. The Morgan fingerprint density at radius 1 is 1.45 bits per heavy atom. The van der Waals surface area contributed by atoms with E-state index in [2.05, 4.69) is 0 Å². The van der Waals surface area contributed by atoms with Gasteiger partial charge < -0.3 is 5.11 Å². The number of benzene rings is 1. The molecule has 6 nitrogen and oxygen atoms in total. The molecule has 0 aromatic heterocycles. The van der Waals surface area contributed by atoms with Gasteiger partial charge in [-0.15, -0.1) is 0 Å². The van der Waals surface area contributed by atoms with Crippen LogP contribution < -0.4 is 0 Å². The molecule has 0 spiro atoms. The van der Waals surface area contributed by atoms with Crippen LogP contribution >= 0.6 is 11.8 Å². The molecule has 0 unspecified atom stereocenters. The first kappa shape index (κ1) is 15.9. The van der Waals surface area contributed by atoms with Gasteiger partial charge in [-0.25, -0.2) is 4.79 Å². The molecular formula is C13H13NO5S. The predicted molar refractivity (Wildman–Crippen MR) is 77.0 cm³/mol. The number of nitro benzene ring substituents is 1. The molecule has 7 heteroatoms. The third kappa shape index (κ3) is 4.20. The Hall–Kier alpha value is -2.15. The van der Waals surface area contributed by atoms with Crippen molar-refractivity contribution >= 4 is 34.6 Å². The third-order valence-electron chi connectivity index (χ3n) is 2.52. The van der Waals surface area contributed by atoms with E-state index in [1.807, 2.05) is 0 Å². The summed E-state index contributed by atoms with van der Waals surface area (Å²) in [5.74, 6) is -0.779. The maximum absolute atomic E-state index is 11.1. The number of hydrogen-bond acceptors (Lipinski definition) is 5. The number of carbonyl (C=O) groups is 2. The molecular weight excluding hydrogens is 282 g/mol. The van der Waals surface area contributed by atoms with Gasteiger partial charge in [-0.1, -0.05) is 23.9 Å². The van der Waals surface area contributed by atoms with E-state index in [0.717, 1.165) is 11.8 Å². The first-order chi connectivity index (χ1) is 9.32. The van der Waals surface area contributed by atoms with Crippen LogP contribution in [-0.4, -0.2) is 26.9 Å². The standard InChI is InChI=1S/C13H13NO5S/c1-8-11(13(16)17)6-10(7-12(8)14(18)19)4-3-5-20-9(2)15/h3-4,6-7H,5H2,1-2H3,(H,16,17). The smallest absolute Gasteiger partial charge is 0.336 e. The Bertz CT molecular complexity index is 559. The van der Waals surface area contributed by atoms with Gasteiger partial charge in [0.25, 0.3) is 5.69 Å². The van der Waals surface area contributed by atoms with Crippen molar-refractivity contribution in [1.29, 1.82) is 0 Å². The second-order valence-electron chi connectivity index (χ2n) is 3.98. The minimum absolute atomic E-state index is 0.0317. The molecule has 0 heterocycles. The second-order valence-corrected chi connectivity index (χ2v) is 5.18. The van der Waals surface area contributed by atoms with E-state index in [0.29, 0.717) is 11.3 Å². The van der Waals surface area contributed by atoms with Crippen molar-refractivity contribution in [3.8, 4) is 0 Å². The van der Waals surface area contributed by atoms with Crippen LogP contribution in [0, 0.1) is 17.0 Å². The fourth-order valence-corrected chi connectivity index (χ4v) is 2.01. The van der Waals surface area contributed by atoms with E-state index < -0.39 is 10.9 Å². The highest BCUT2D eigenvalue weighted by Gasteiger charge is 2.19. The molecule has 0 saturated heterocycles. The average Bonchev–Trinajstić information content (AvgIpc) is 2.35. The van der Waals surface area contributed by atoms with Crippen molar-refractivity contribution in [2.24, 2.45) is 0 Å². The number of thioether (sulfide) groups is 1. The van der Waals surface area contributed by atoms with Crippen molar-refractivity contribution < 1.29 is 19.6 Å². The Balaban J connectivity index is 3.11. The normalized spacial score (nSPS) is 10.7. The molecule has 0 saturated carbocycles. The zero-order valence-electron chi connectivity index (χ0n) is 11.0. The molecule has 1 aromatic carbocycles. The summed E-state index contributed by atoms with van der Waals surface area (Å²) < 4.78 is 0. The van der Waals surface area contributed by atoms with E-state index in [9.17, 15) is 19.7 Å². The van der Waals surface area contributed by atoms with Crippen molar-refractivity contribution in [3.63, 3.8) is 0 Å². The SMILES string of the molecule is CC(=O)SCC=Cc1cc(C(=O)O)c(C)c([N+](=O)[O-])c1. The van der Waals surface area contributed by atoms with Crippen molar-refractivity contribution in [2.45, 2.75) is 13.8 Å². The molecule has 0 fully saturated rings. The predicted octanol–water partition coefficient (Wildman–Crippen LogP) is 2.89. The fraction of sp³-hybridized carbons (Fsp3) is 0.231. The lowest BCUT2D eigenvalue weighted by molar-refractivity contribution is -0.385. The molecule has 1 aromatic rings. The molecule has 0 aliphatic rings. The Morgan fingerprint density at radius 2 is 2.10 bits per heavy atom. The summed E-state index contributed by atoms with van der Waals surface area (Å²) >= 11 is 1.10. The quantitative estimate of drug-likeness (QED) is 0.662. The molecule has 20 heavy (non-hydrogen) atoms. The van der Waals surface area contributed by atoms with E-state index in [1.165, 1.54) is 26.0 Å². The summed E-state index contributed by atoms with van der Waals surface area (Å²) in [6, 6.07) is 2.69. The van der Waals surface area contributed by atoms with Gasteiger partial charge >= 0.3 is 5.97 Å². The minimum Gasteiger partial charge on any atom is -0.478 e. The average molecular weight is 295 g/mol. The van der Waals surface area contributed by atoms with Crippen LogP contribution in [0.3, 0.4) is 0 Å². The zero-order valence-corrected chi connectivity index (χ0v) is 11.8. The van der Waals surface area contributed by atoms with E-state index in [-0.39, 0.29) is 21.9 Å². The molecule has 0 atom stereocenters. The summed E-state index contributed by atoms with van der Waals surface area (Å²) in [6.07, 6.45) is 3.22. The molecule has 1 rings (SSSR count). The van der Waals surface area contributed by atoms with Crippen LogP contribution in [0.5, 0.6) is 0 Å². The van der Waals surface area contributed by atoms with Gasteiger partial charge in [0.15, 0.2) is 5.12 Å². The van der Waals surface area contributed by atoms with Crippen LogP contribution in [0.1, 0.15) is 28.4 Å². The second kappa shape index (κ2) is 6.85. The van der Waals surface area contributed by atoms with Gasteiger partial charge in [0.05, 0.1) is 10.5 Å². The van der Waals surface area contributed by atoms with Gasteiger partial charge in [0.2, 0.25) is 0 Å². The Morgan fingerprint density at radius 3 is 2.60 bits per heavy atom. The lowest BCUT2D eigenvalue weighted by Gasteiger charge is -2.04. The van der Waals surface area contributed by atoms with Gasteiger partial charge in [-0.2, -0.15) is 0 Å². The molecule has 0 radical (unpaired) electrons. The monoisotopic (exact) mass is 295 g/mol. The molecule has 0 aliphatic carbocycles. The zero-order chi connectivity index (χ0) is 15.3. The highest BCUT2D eigenvalue weighted by Crippen LogP contribution is 2.24. The summed E-state index contributed by atoms with van der Waals surface area (Å²) in [5.41, 5.74) is 0.212. The van der Waals surface area contributed by atoms with Crippen LogP contribution in [-0.2, 0) is 4.79 Å². The van der Waals surface area contributed by atoms with Crippen molar-refractivity contribution in [3.05, 3.63) is 45.0 Å². The number of carboxylic acid groups (broad SMARTS) is 1. The number of nitrogens with zero attached hydrogens (tertiary/aromatic N) is 1. The summed E-state index contributed by atoms with van der Waals surface area (Å²) in [5, 5.41) is 19.9. The molecule has 106 valence electrons. The van der Waals surface area contributed by atoms with E-state index in [4.69, 9.17) is 5.11 Å². The number of rotatable bonds is 5. The van der Waals surface area contributed by atoms with Crippen LogP contribution in [0.25, 0.3) is 6.08 Å². The largest absolute Gasteiger partial charge is 0.478 e. The van der Waals surface area contributed by atoms with Crippen LogP contribution in [0.15, 0.2) is 18.2 Å². The van der Waals surface area contributed by atoms with Crippen molar-refractivity contribution in [1.82, 2.24) is 0 Å². The third-order valence-corrected chi connectivity index (χ3v) is 3.29. The van der Waals surface area contributed by atoms with E-state index in [1.54, 1.807) is 12.2 Å². The first-order valence-electron chi connectivity index (χ1n) is 5.65. The summed E-state index contributed by atoms with van der Waals surface area (Å²) in [4.78, 5) is 32.1. The topological polar surface area (TPSA) is 97.5 Å². The maximum atomic E-state index is 11.1. The lowest BCUT2D eigenvalue weighted by Crippen LogP contribution is -2.03. The molecule has 0 amide bonds.